The van der Waals surface area contributed by atoms with Gasteiger partial charge in [-0.15, -0.1) is 0 Å². The van der Waals surface area contributed by atoms with Crippen LogP contribution in [-0.2, 0) is 23.8 Å². The summed E-state index contributed by atoms with van der Waals surface area (Å²) >= 11 is 0. The summed E-state index contributed by atoms with van der Waals surface area (Å²) in [5.41, 5.74) is -0.325. The molecular formula is C11H20O5. The summed E-state index contributed by atoms with van der Waals surface area (Å²) in [7, 11) is 0. The number of rotatable bonds is 5. The Bertz CT molecular complexity index is 241. The van der Waals surface area contributed by atoms with E-state index in [4.69, 9.17) is 14.2 Å². The maximum Gasteiger partial charge on any atom is 0.303 e. The van der Waals surface area contributed by atoms with Gasteiger partial charge >= 0.3 is 11.9 Å². The molecule has 0 aliphatic carbocycles. The molecule has 5 heteroatoms. The topological polar surface area (TPSA) is 61.8 Å². The maximum atomic E-state index is 10.8. The first-order valence-corrected chi connectivity index (χ1v) is 5.15. The van der Waals surface area contributed by atoms with Crippen LogP contribution in [0.5, 0.6) is 0 Å². The largest absolute Gasteiger partial charge is 0.462 e. The standard InChI is InChI=1S/C11H20O5/c1-8(12)14-6-10(16-9(2)13)7-15-11(3,4)5/h10H,6-7H2,1-5H3. The highest BCUT2D eigenvalue weighted by Crippen LogP contribution is 2.08. The second kappa shape index (κ2) is 6.48. The average Bonchev–Trinajstić information content (AvgIpc) is 2.07. The molecule has 0 radical (unpaired) electrons. The molecule has 0 amide bonds. The summed E-state index contributed by atoms with van der Waals surface area (Å²) in [4.78, 5) is 21.4. The van der Waals surface area contributed by atoms with Crippen LogP contribution in [0.4, 0.5) is 0 Å². The SMILES string of the molecule is CC(=O)OCC(COC(C)(C)C)OC(C)=O. The minimum atomic E-state index is -0.555. The van der Waals surface area contributed by atoms with Gasteiger partial charge in [0.05, 0.1) is 12.2 Å². The Balaban J connectivity index is 4.10. The van der Waals surface area contributed by atoms with Gasteiger partial charge in [0.1, 0.15) is 6.61 Å². The number of hydrogen-bond acceptors (Lipinski definition) is 5. The minimum absolute atomic E-state index is 0.0188. The Morgan fingerprint density at radius 1 is 1.06 bits per heavy atom. The van der Waals surface area contributed by atoms with E-state index in [1.807, 2.05) is 20.8 Å². The van der Waals surface area contributed by atoms with Crippen molar-refractivity contribution in [2.75, 3.05) is 13.2 Å². The highest BCUT2D eigenvalue weighted by Gasteiger charge is 2.18. The first-order chi connectivity index (χ1) is 7.20. The van der Waals surface area contributed by atoms with Crippen LogP contribution in [0, 0.1) is 0 Å². The zero-order chi connectivity index (χ0) is 12.8. The maximum absolute atomic E-state index is 10.8. The normalized spacial score (nSPS) is 13.1. The summed E-state index contributed by atoms with van der Waals surface area (Å²) in [5, 5.41) is 0. The molecule has 0 aromatic carbocycles. The molecule has 0 fully saturated rings. The van der Waals surface area contributed by atoms with Crippen LogP contribution in [-0.4, -0.2) is 36.9 Å². The molecular weight excluding hydrogens is 212 g/mol. The second-order valence-electron chi connectivity index (χ2n) is 4.46. The molecule has 0 aromatic rings. The van der Waals surface area contributed by atoms with Crippen LogP contribution in [0.25, 0.3) is 0 Å². The Kier molecular flexibility index (Phi) is 6.03. The van der Waals surface area contributed by atoms with Crippen molar-refractivity contribution < 1.29 is 23.8 Å². The fourth-order valence-corrected chi connectivity index (χ4v) is 0.904. The van der Waals surface area contributed by atoms with Gasteiger partial charge in [-0.05, 0) is 20.8 Å². The average molecular weight is 232 g/mol. The number of hydrogen-bond donors (Lipinski definition) is 0. The number of esters is 2. The van der Waals surface area contributed by atoms with E-state index in [1.165, 1.54) is 13.8 Å². The first-order valence-electron chi connectivity index (χ1n) is 5.15. The Labute approximate surface area is 96.1 Å². The molecule has 0 aromatic heterocycles. The predicted molar refractivity (Wildman–Crippen MR) is 57.9 cm³/mol. The number of carbonyl (C=O) groups is 2. The van der Waals surface area contributed by atoms with Crippen molar-refractivity contribution in [1.82, 2.24) is 0 Å². The lowest BCUT2D eigenvalue weighted by atomic mass is 10.2. The van der Waals surface area contributed by atoms with Gasteiger partial charge in [-0.3, -0.25) is 9.59 Å². The summed E-state index contributed by atoms with van der Waals surface area (Å²) < 4.78 is 15.2. The van der Waals surface area contributed by atoms with E-state index in [0.717, 1.165) is 0 Å². The Hall–Kier alpha value is -1.10. The van der Waals surface area contributed by atoms with Gasteiger partial charge in [0.25, 0.3) is 0 Å². The first kappa shape index (κ1) is 14.9. The Morgan fingerprint density at radius 2 is 1.62 bits per heavy atom. The lowest BCUT2D eigenvalue weighted by Crippen LogP contribution is -2.32. The highest BCUT2D eigenvalue weighted by atomic mass is 16.6. The minimum Gasteiger partial charge on any atom is -0.462 e. The monoisotopic (exact) mass is 232 g/mol. The van der Waals surface area contributed by atoms with Gasteiger partial charge in [0, 0.05) is 13.8 Å². The molecule has 0 N–H and O–H groups in total. The Morgan fingerprint density at radius 3 is 2.00 bits per heavy atom. The van der Waals surface area contributed by atoms with E-state index >= 15 is 0 Å². The second-order valence-corrected chi connectivity index (χ2v) is 4.46. The van der Waals surface area contributed by atoms with Crippen molar-refractivity contribution in [2.45, 2.75) is 46.3 Å². The quantitative estimate of drug-likeness (QED) is 0.668. The van der Waals surface area contributed by atoms with Crippen LogP contribution < -0.4 is 0 Å². The smallest absolute Gasteiger partial charge is 0.303 e. The zero-order valence-corrected chi connectivity index (χ0v) is 10.5. The molecule has 94 valence electrons. The van der Waals surface area contributed by atoms with Crippen molar-refractivity contribution in [2.24, 2.45) is 0 Å². The van der Waals surface area contributed by atoms with Crippen molar-refractivity contribution in [3.8, 4) is 0 Å². The van der Waals surface area contributed by atoms with Crippen molar-refractivity contribution in [3.63, 3.8) is 0 Å². The third kappa shape index (κ3) is 9.45. The molecule has 1 unspecified atom stereocenters. The third-order valence-corrected chi connectivity index (χ3v) is 1.51. The molecule has 0 rings (SSSR count). The zero-order valence-electron chi connectivity index (χ0n) is 10.5. The van der Waals surface area contributed by atoms with Crippen molar-refractivity contribution >= 4 is 11.9 Å². The molecule has 0 heterocycles. The van der Waals surface area contributed by atoms with Crippen molar-refractivity contribution in [3.05, 3.63) is 0 Å². The summed E-state index contributed by atoms with van der Waals surface area (Å²) in [5.74, 6) is -0.831. The molecule has 0 saturated carbocycles. The van der Waals surface area contributed by atoms with E-state index in [9.17, 15) is 9.59 Å². The van der Waals surface area contributed by atoms with Crippen LogP contribution >= 0.6 is 0 Å². The van der Waals surface area contributed by atoms with Gasteiger partial charge in [-0.25, -0.2) is 0 Å². The molecule has 1 atom stereocenters. The molecule has 0 aliphatic heterocycles. The van der Waals surface area contributed by atoms with E-state index < -0.39 is 18.0 Å². The lowest BCUT2D eigenvalue weighted by Gasteiger charge is -2.23. The molecule has 0 saturated heterocycles. The van der Waals surface area contributed by atoms with Gasteiger partial charge in [-0.1, -0.05) is 0 Å². The fourth-order valence-electron chi connectivity index (χ4n) is 0.904. The van der Waals surface area contributed by atoms with Gasteiger partial charge in [0.15, 0.2) is 6.10 Å². The number of carbonyl (C=O) groups excluding carboxylic acids is 2. The summed E-state index contributed by atoms with van der Waals surface area (Å²) in [6.07, 6.45) is -0.555. The highest BCUT2D eigenvalue weighted by molar-refractivity contribution is 5.67. The van der Waals surface area contributed by atoms with Gasteiger partial charge < -0.3 is 14.2 Å². The molecule has 16 heavy (non-hydrogen) atoms. The van der Waals surface area contributed by atoms with E-state index in [0.29, 0.717) is 0 Å². The van der Waals surface area contributed by atoms with Gasteiger partial charge in [0.2, 0.25) is 0 Å². The van der Waals surface area contributed by atoms with E-state index in [1.54, 1.807) is 0 Å². The third-order valence-electron chi connectivity index (χ3n) is 1.51. The molecule has 0 aliphatic rings. The van der Waals surface area contributed by atoms with E-state index in [-0.39, 0.29) is 18.8 Å². The molecule has 0 spiro atoms. The van der Waals surface area contributed by atoms with Crippen LogP contribution in [0.15, 0.2) is 0 Å². The lowest BCUT2D eigenvalue weighted by molar-refractivity contribution is -0.163. The molecule has 0 bridgehead atoms. The summed E-state index contributed by atoms with van der Waals surface area (Å²) in [6, 6.07) is 0. The van der Waals surface area contributed by atoms with Gasteiger partial charge in [-0.2, -0.15) is 0 Å². The molecule has 5 nitrogen and oxygen atoms in total. The summed E-state index contributed by atoms with van der Waals surface area (Å²) in [6.45, 7) is 8.51. The fraction of sp³-hybridized carbons (Fsp3) is 0.818. The predicted octanol–water partition coefficient (Wildman–Crippen LogP) is 1.30. The van der Waals surface area contributed by atoms with Crippen LogP contribution in [0.1, 0.15) is 34.6 Å². The van der Waals surface area contributed by atoms with Crippen LogP contribution in [0.2, 0.25) is 0 Å². The van der Waals surface area contributed by atoms with E-state index in [2.05, 4.69) is 0 Å². The van der Waals surface area contributed by atoms with Crippen molar-refractivity contribution in [1.29, 1.82) is 0 Å². The van der Waals surface area contributed by atoms with Crippen LogP contribution in [0.3, 0.4) is 0 Å². The number of ether oxygens (including phenoxy) is 3.